The normalized spacial score (nSPS) is 9.50. The minimum absolute atomic E-state index is 0.322. The molecule has 0 aliphatic rings. The SMILES string of the molecule is C=CCOCCCCOC(=O)C(=C)C. The highest BCUT2D eigenvalue weighted by atomic mass is 16.5. The third kappa shape index (κ3) is 7.55. The van der Waals surface area contributed by atoms with E-state index >= 15 is 0 Å². The van der Waals surface area contributed by atoms with Crippen LogP contribution in [0.15, 0.2) is 24.8 Å². The fourth-order valence-electron chi connectivity index (χ4n) is 0.761. The lowest BCUT2D eigenvalue weighted by atomic mass is 10.3. The summed E-state index contributed by atoms with van der Waals surface area (Å²) in [5.74, 6) is -0.322. The molecule has 0 fully saturated rings. The number of carbonyl (C=O) groups excluding carboxylic acids is 1. The highest BCUT2D eigenvalue weighted by molar-refractivity contribution is 5.86. The molecule has 0 bridgehead atoms. The van der Waals surface area contributed by atoms with E-state index < -0.39 is 0 Å². The maximum absolute atomic E-state index is 10.9. The number of esters is 1. The molecule has 0 aromatic carbocycles. The molecular formula is C11H18O3. The Morgan fingerprint density at radius 3 is 2.57 bits per heavy atom. The molecule has 0 saturated carbocycles. The second-order valence-corrected chi connectivity index (χ2v) is 2.99. The van der Waals surface area contributed by atoms with E-state index in [1.807, 2.05) is 0 Å². The third-order valence-electron chi connectivity index (χ3n) is 1.50. The van der Waals surface area contributed by atoms with Crippen molar-refractivity contribution in [1.29, 1.82) is 0 Å². The van der Waals surface area contributed by atoms with Crippen molar-refractivity contribution in [1.82, 2.24) is 0 Å². The van der Waals surface area contributed by atoms with Crippen LogP contribution in [0.3, 0.4) is 0 Å². The standard InChI is InChI=1S/C11H18O3/c1-4-7-13-8-5-6-9-14-11(12)10(2)3/h4H,1-2,5-9H2,3H3. The Morgan fingerprint density at radius 2 is 2.00 bits per heavy atom. The number of ether oxygens (including phenoxy) is 2. The number of unbranched alkanes of at least 4 members (excludes halogenated alkanes) is 1. The molecule has 0 radical (unpaired) electrons. The van der Waals surface area contributed by atoms with Crippen LogP contribution in [-0.2, 0) is 14.3 Å². The van der Waals surface area contributed by atoms with E-state index in [2.05, 4.69) is 13.2 Å². The summed E-state index contributed by atoms with van der Waals surface area (Å²) in [6.07, 6.45) is 3.41. The van der Waals surface area contributed by atoms with Gasteiger partial charge in [-0.25, -0.2) is 4.79 Å². The Hall–Kier alpha value is -1.09. The van der Waals surface area contributed by atoms with Gasteiger partial charge in [0.1, 0.15) is 0 Å². The molecule has 0 spiro atoms. The molecule has 0 aromatic heterocycles. The number of hydrogen-bond acceptors (Lipinski definition) is 3. The van der Waals surface area contributed by atoms with Crippen LogP contribution in [0.4, 0.5) is 0 Å². The molecule has 0 unspecified atom stereocenters. The molecule has 0 N–H and O–H groups in total. The monoisotopic (exact) mass is 198 g/mol. The van der Waals surface area contributed by atoms with E-state index in [0.29, 0.717) is 25.4 Å². The van der Waals surface area contributed by atoms with Gasteiger partial charge in [0.05, 0.1) is 13.2 Å². The smallest absolute Gasteiger partial charge is 0.333 e. The van der Waals surface area contributed by atoms with E-state index in [4.69, 9.17) is 9.47 Å². The summed E-state index contributed by atoms with van der Waals surface area (Å²) in [5, 5.41) is 0. The van der Waals surface area contributed by atoms with Crippen LogP contribution in [0.1, 0.15) is 19.8 Å². The lowest BCUT2D eigenvalue weighted by molar-refractivity contribution is -0.139. The average Bonchev–Trinajstić information content (AvgIpc) is 2.16. The van der Waals surface area contributed by atoms with Gasteiger partial charge in [-0.2, -0.15) is 0 Å². The van der Waals surface area contributed by atoms with E-state index in [1.165, 1.54) is 0 Å². The van der Waals surface area contributed by atoms with Crippen LogP contribution < -0.4 is 0 Å². The molecule has 0 amide bonds. The van der Waals surface area contributed by atoms with Crippen molar-refractivity contribution in [3.63, 3.8) is 0 Å². The van der Waals surface area contributed by atoms with Crippen molar-refractivity contribution in [2.45, 2.75) is 19.8 Å². The highest BCUT2D eigenvalue weighted by Crippen LogP contribution is 1.96. The van der Waals surface area contributed by atoms with Crippen LogP contribution in [-0.4, -0.2) is 25.8 Å². The lowest BCUT2D eigenvalue weighted by Crippen LogP contribution is -2.07. The molecule has 14 heavy (non-hydrogen) atoms. The minimum Gasteiger partial charge on any atom is -0.462 e. The van der Waals surface area contributed by atoms with Gasteiger partial charge in [0.25, 0.3) is 0 Å². The topological polar surface area (TPSA) is 35.5 Å². The molecule has 0 aromatic rings. The minimum atomic E-state index is -0.322. The van der Waals surface area contributed by atoms with Gasteiger partial charge < -0.3 is 9.47 Å². The molecule has 0 atom stereocenters. The van der Waals surface area contributed by atoms with E-state index in [0.717, 1.165) is 12.8 Å². The zero-order chi connectivity index (χ0) is 10.8. The first-order valence-corrected chi connectivity index (χ1v) is 4.69. The Bertz CT molecular complexity index is 197. The van der Waals surface area contributed by atoms with Crippen molar-refractivity contribution < 1.29 is 14.3 Å². The Balaban J connectivity index is 3.17. The molecule has 3 heteroatoms. The maximum atomic E-state index is 10.9. The van der Waals surface area contributed by atoms with Crippen molar-refractivity contribution in [2.75, 3.05) is 19.8 Å². The van der Waals surface area contributed by atoms with Crippen LogP contribution in [0, 0.1) is 0 Å². The molecule has 0 rings (SSSR count). The van der Waals surface area contributed by atoms with Gasteiger partial charge >= 0.3 is 5.97 Å². The number of carbonyl (C=O) groups is 1. The first-order chi connectivity index (χ1) is 6.68. The Morgan fingerprint density at radius 1 is 1.36 bits per heavy atom. The fourth-order valence-corrected chi connectivity index (χ4v) is 0.761. The van der Waals surface area contributed by atoms with Crippen molar-refractivity contribution in [3.8, 4) is 0 Å². The lowest BCUT2D eigenvalue weighted by Gasteiger charge is -2.04. The number of hydrogen-bond donors (Lipinski definition) is 0. The summed E-state index contributed by atoms with van der Waals surface area (Å²) in [6, 6.07) is 0. The molecule has 80 valence electrons. The van der Waals surface area contributed by atoms with Crippen LogP contribution in [0.2, 0.25) is 0 Å². The van der Waals surface area contributed by atoms with Crippen LogP contribution in [0.25, 0.3) is 0 Å². The Kier molecular flexibility index (Phi) is 7.84. The summed E-state index contributed by atoms with van der Waals surface area (Å²) in [7, 11) is 0. The van der Waals surface area contributed by atoms with Crippen molar-refractivity contribution in [2.24, 2.45) is 0 Å². The van der Waals surface area contributed by atoms with Gasteiger partial charge in [0.15, 0.2) is 0 Å². The van der Waals surface area contributed by atoms with Gasteiger partial charge in [-0.3, -0.25) is 0 Å². The first kappa shape index (κ1) is 12.9. The molecular weight excluding hydrogens is 180 g/mol. The van der Waals surface area contributed by atoms with Crippen LogP contribution >= 0.6 is 0 Å². The quantitative estimate of drug-likeness (QED) is 0.259. The number of rotatable bonds is 8. The summed E-state index contributed by atoms with van der Waals surface area (Å²) < 4.78 is 10.1. The summed E-state index contributed by atoms with van der Waals surface area (Å²) in [4.78, 5) is 10.9. The van der Waals surface area contributed by atoms with Crippen molar-refractivity contribution >= 4 is 5.97 Å². The van der Waals surface area contributed by atoms with Gasteiger partial charge in [0.2, 0.25) is 0 Å². The Labute approximate surface area is 85.4 Å². The molecule has 3 nitrogen and oxygen atoms in total. The highest BCUT2D eigenvalue weighted by Gasteiger charge is 2.01. The largest absolute Gasteiger partial charge is 0.462 e. The second-order valence-electron chi connectivity index (χ2n) is 2.99. The molecule has 0 saturated heterocycles. The third-order valence-corrected chi connectivity index (χ3v) is 1.50. The molecule has 0 aliphatic heterocycles. The predicted molar refractivity (Wildman–Crippen MR) is 56.0 cm³/mol. The predicted octanol–water partition coefficient (Wildman–Crippen LogP) is 2.09. The molecule has 0 heterocycles. The van der Waals surface area contributed by atoms with E-state index in [1.54, 1.807) is 13.0 Å². The zero-order valence-corrected chi connectivity index (χ0v) is 8.75. The molecule has 0 aliphatic carbocycles. The van der Waals surface area contributed by atoms with E-state index in [9.17, 15) is 4.79 Å². The van der Waals surface area contributed by atoms with Crippen LogP contribution in [0.5, 0.6) is 0 Å². The van der Waals surface area contributed by atoms with Gasteiger partial charge in [-0.05, 0) is 19.8 Å². The average molecular weight is 198 g/mol. The van der Waals surface area contributed by atoms with Gasteiger partial charge in [-0.1, -0.05) is 12.7 Å². The van der Waals surface area contributed by atoms with Gasteiger partial charge in [-0.15, -0.1) is 6.58 Å². The van der Waals surface area contributed by atoms with Crippen molar-refractivity contribution in [3.05, 3.63) is 24.8 Å². The summed E-state index contributed by atoms with van der Waals surface area (Å²) >= 11 is 0. The summed E-state index contributed by atoms with van der Waals surface area (Å²) in [6.45, 7) is 10.3. The maximum Gasteiger partial charge on any atom is 0.333 e. The fraction of sp³-hybridized carbons (Fsp3) is 0.545. The zero-order valence-electron chi connectivity index (χ0n) is 8.75. The second kappa shape index (κ2) is 8.51. The summed E-state index contributed by atoms with van der Waals surface area (Å²) in [5.41, 5.74) is 0.438. The van der Waals surface area contributed by atoms with Gasteiger partial charge in [0, 0.05) is 12.2 Å². The first-order valence-electron chi connectivity index (χ1n) is 4.69. The van der Waals surface area contributed by atoms with E-state index in [-0.39, 0.29) is 5.97 Å².